The van der Waals surface area contributed by atoms with Crippen LogP contribution in [0, 0.1) is 46.6 Å². The van der Waals surface area contributed by atoms with Gasteiger partial charge in [-0.15, -0.1) is 0 Å². The summed E-state index contributed by atoms with van der Waals surface area (Å²) in [5.74, 6) is -5.75. The summed E-state index contributed by atoms with van der Waals surface area (Å²) in [6.07, 6.45) is 0. The predicted molar refractivity (Wildman–Crippen MR) is 392 cm³/mol. The lowest BCUT2D eigenvalue weighted by atomic mass is 10.1. The first-order valence-electron chi connectivity index (χ1n) is 34.0. The molecule has 10 aromatic rings. The van der Waals surface area contributed by atoms with E-state index in [1.807, 2.05) is 100 Å². The Morgan fingerprint density at radius 2 is 0.562 bits per heavy atom. The average Bonchev–Trinajstić information content (AvgIpc) is 0.800. The number of halogens is 6. The Balaban J connectivity index is 0.000000206. The fourth-order valence-corrected chi connectivity index (χ4v) is 10.5. The molecule has 0 spiro atoms. The van der Waals surface area contributed by atoms with Gasteiger partial charge in [0.05, 0.1) is 40.5 Å². The molecule has 0 aliphatic rings. The van der Waals surface area contributed by atoms with Gasteiger partial charge in [0.25, 0.3) is 27.8 Å². The molecular weight excluding hydrogens is 1390 g/mol. The van der Waals surface area contributed by atoms with Crippen molar-refractivity contribution in [2.45, 2.75) is 192 Å². The molecule has 105 heavy (non-hydrogen) atoms. The zero-order valence-corrected chi connectivity index (χ0v) is 62.8. The summed E-state index contributed by atoms with van der Waals surface area (Å²) >= 11 is 5.48. The van der Waals surface area contributed by atoms with Crippen molar-refractivity contribution in [1.82, 2.24) is 71.7 Å². The van der Waals surface area contributed by atoms with Crippen molar-refractivity contribution in [3.05, 3.63) is 277 Å². The van der Waals surface area contributed by atoms with Gasteiger partial charge in [-0.3, -0.25) is 28.5 Å². The summed E-state index contributed by atoms with van der Waals surface area (Å²) in [5.41, 5.74) is -0.569. The van der Waals surface area contributed by atoms with Crippen LogP contribution in [0.3, 0.4) is 0 Å². The highest BCUT2D eigenvalue weighted by molar-refractivity contribution is 7.71. The normalized spacial score (nSPS) is 11.3. The molecule has 0 saturated carbocycles. The molecule has 0 atom stereocenters. The number of nitrogens with zero attached hydrogens (tertiary/aromatic N) is 15. The molecule has 0 N–H and O–H groups in total. The molecule has 5 aromatic heterocycles. The van der Waals surface area contributed by atoms with Crippen molar-refractivity contribution in [1.29, 1.82) is 0 Å². The van der Waals surface area contributed by atoms with Crippen LogP contribution in [0.5, 0.6) is 0 Å². The summed E-state index contributed by atoms with van der Waals surface area (Å²) in [5, 5.41) is 20.8. The van der Waals surface area contributed by atoms with Crippen molar-refractivity contribution in [3.63, 3.8) is 0 Å². The molecule has 5 aromatic carbocycles. The van der Waals surface area contributed by atoms with Gasteiger partial charge in [0.15, 0.2) is 23.3 Å². The quantitative estimate of drug-likeness (QED) is 0.0682. The van der Waals surface area contributed by atoms with Gasteiger partial charge in [0, 0.05) is 60.9 Å². The van der Waals surface area contributed by atoms with Crippen LogP contribution in [0.15, 0.2) is 152 Å². The lowest BCUT2D eigenvalue weighted by molar-refractivity contribution is 0.455. The smallest absolute Gasteiger partial charge is 0.267 e. The van der Waals surface area contributed by atoms with Gasteiger partial charge in [-0.1, -0.05) is 86.9 Å². The van der Waals surface area contributed by atoms with Crippen molar-refractivity contribution >= 4 is 12.2 Å². The summed E-state index contributed by atoms with van der Waals surface area (Å²) < 4.78 is 91.2. The van der Waals surface area contributed by atoms with Crippen LogP contribution in [0.25, 0.3) is 28.4 Å². The van der Waals surface area contributed by atoms with Gasteiger partial charge in [-0.05, 0) is 159 Å². The number of hydrogen-bond acceptors (Lipinski definition) is 15. The van der Waals surface area contributed by atoms with Gasteiger partial charge in [0.2, 0.25) is 4.77 Å². The minimum Gasteiger partial charge on any atom is -0.267 e. The van der Waals surface area contributed by atoms with Crippen LogP contribution >= 0.6 is 12.2 Å². The molecule has 0 amide bonds. The summed E-state index contributed by atoms with van der Waals surface area (Å²) in [7, 11) is 0. The van der Waals surface area contributed by atoms with Gasteiger partial charge in [0.1, 0.15) is 40.1 Å². The Morgan fingerprint density at radius 1 is 0.314 bits per heavy atom. The van der Waals surface area contributed by atoms with Gasteiger partial charge >= 0.3 is 22.8 Å². The molecule has 0 aliphatic carbocycles. The third-order valence-corrected chi connectivity index (χ3v) is 16.2. The fraction of sp³-hybridized carbons (Fsp3) is 0.392. The zero-order chi connectivity index (χ0) is 78.7. The van der Waals surface area contributed by atoms with Crippen LogP contribution in [-0.4, -0.2) is 71.7 Å². The van der Waals surface area contributed by atoms with E-state index in [2.05, 4.69) is 25.5 Å². The van der Waals surface area contributed by atoms with E-state index >= 15 is 0 Å². The van der Waals surface area contributed by atoms with Crippen LogP contribution < -0.4 is 50.6 Å². The van der Waals surface area contributed by atoms with E-state index in [4.69, 9.17) is 12.2 Å². The Hall–Kier alpha value is -10.9. The standard InChI is InChI=1S/C16H21N3OS.C15H17F2N3O2.C15H18FN3O2.C14H15F2N3O2.C14H16FN3O2/c1-10(2)14-15(20)18(13-8-6-12(5)7-9-13)16(21)19(17-14)11(3)4;1-8(2)13-14(21)19(15(22)20(18-13)9(3)4)10-5-6-11(16)12(17)7-10;1-9(2)13-14(20)18(12-7-5-11(16)6-8-12)15(21)19(17-13)10(3)4;1-4-18-14(21)19(13(20)12(17-18)8(2)3)9-5-6-10(15)11(16)7-9;1-4-17-14(20)18(11-7-5-10(15)6-8-11)13(19)12(16-17)9(2)3/h6-11H,1-5H3;5-9H,1-4H3;5-10H,1-4H3;5-8H,4H2,1-3H3;5-9H,4H2,1-3H3. The van der Waals surface area contributed by atoms with Crippen LogP contribution in [0.1, 0.15) is 206 Å². The van der Waals surface area contributed by atoms with E-state index in [-0.39, 0.29) is 82.6 Å². The van der Waals surface area contributed by atoms with Crippen LogP contribution in [0.4, 0.5) is 26.3 Å². The Bertz CT molecular complexity index is 5150. The fourth-order valence-electron chi connectivity index (χ4n) is 10.1. The van der Waals surface area contributed by atoms with E-state index < -0.39 is 79.9 Å². The van der Waals surface area contributed by atoms with Gasteiger partial charge in [-0.25, -0.2) is 87.2 Å². The second-order valence-corrected chi connectivity index (χ2v) is 26.9. The molecule has 31 heteroatoms. The predicted octanol–water partition coefficient (Wildman–Crippen LogP) is 11.9. The highest BCUT2D eigenvalue weighted by Gasteiger charge is 2.24. The van der Waals surface area contributed by atoms with Crippen molar-refractivity contribution in [3.8, 4) is 28.4 Å². The maximum Gasteiger partial charge on any atom is 0.352 e. The van der Waals surface area contributed by atoms with E-state index in [9.17, 15) is 69.5 Å². The number of aromatic nitrogens is 15. The van der Waals surface area contributed by atoms with E-state index in [0.29, 0.717) is 39.8 Å². The summed E-state index contributed by atoms with van der Waals surface area (Å²) in [6, 6.07) is 23.7. The highest BCUT2D eigenvalue weighted by Crippen LogP contribution is 2.18. The average molecular weight is 1480 g/mol. The first kappa shape index (κ1) is 83.1. The van der Waals surface area contributed by atoms with Crippen LogP contribution in [-0.2, 0) is 13.1 Å². The molecule has 0 bridgehead atoms. The van der Waals surface area contributed by atoms with Gasteiger partial charge < -0.3 is 0 Å². The van der Waals surface area contributed by atoms with Gasteiger partial charge in [-0.2, -0.15) is 25.5 Å². The van der Waals surface area contributed by atoms with E-state index in [1.165, 1.54) is 70.0 Å². The molecule has 0 saturated heterocycles. The van der Waals surface area contributed by atoms with Crippen molar-refractivity contribution in [2.75, 3.05) is 0 Å². The number of aryl methyl sites for hydroxylation is 3. The largest absolute Gasteiger partial charge is 0.352 e. The van der Waals surface area contributed by atoms with Crippen molar-refractivity contribution < 1.29 is 26.3 Å². The maximum atomic E-state index is 13.4. The minimum atomic E-state index is -1.12. The number of hydrogen-bond donors (Lipinski definition) is 0. The summed E-state index contributed by atoms with van der Waals surface area (Å²) in [6.45, 7) is 35.7. The number of benzene rings is 5. The maximum absolute atomic E-state index is 13.4. The monoisotopic (exact) mass is 1480 g/mol. The van der Waals surface area contributed by atoms with E-state index in [1.54, 1.807) is 64.6 Å². The highest BCUT2D eigenvalue weighted by atomic mass is 32.1. The molecule has 0 unspecified atom stereocenters. The first-order valence-corrected chi connectivity index (χ1v) is 34.4. The van der Waals surface area contributed by atoms with Crippen LogP contribution in [0.2, 0.25) is 0 Å². The molecule has 0 radical (unpaired) electrons. The SMILES string of the molecule is CC(C)c1nn(C(C)C)c(=O)n(-c2ccc(F)c(F)c2)c1=O.CC(C)c1nn(C(C)C)c(=O)n(-c2ccc(F)cc2)c1=O.CCn1nc(C(C)C)c(=O)n(-c2ccc(F)c(F)c2)c1=O.CCn1nc(C(C)C)c(=O)n(-c2ccc(F)cc2)c1=O.Cc1ccc(-n2c(=O)c(C(C)C)nn(C(C)C)c2=S)cc1. The Labute approximate surface area is 605 Å². The molecular formula is C74H87F6N15O9S. The first-order chi connectivity index (χ1) is 49.2. The molecule has 0 fully saturated rings. The zero-order valence-electron chi connectivity index (χ0n) is 62.0. The lowest BCUT2D eigenvalue weighted by Gasteiger charge is -2.17. The second kappa shape index (κ2) is 35.6. The minimum absolute atomic E-state index is 0.0181. The molecule has 0 aliphatic heterocycles. The second-order valence-electron chi connectivity index (χ2n) is 26.5. The molecule has 560 valence electrons. The van der Waals surface area contributed by atoms with Crippen molar-refractivity contribution in [2.24, 2.45) is 0 Å². The third-order valence-electron chi connectivity index (χ3n) is 15.8. The Morgan fingerprint density at radius 3 is 0.857 bits per heavy atom. The third kappa shape index (κ3) is 19.1. The molecule has 10 rings (SSSR count). The lowest BCUT2D eigenvalue weighted by Crippen LogP contribution is -2.43. The summed E-state index contributed by atoms with van der Waals surface area (Å²) in [4.78, 5) is 112. The topological polar surface area (TPSA) is 267 Å². The number of rotatable bonds is 15. The van der Waals surface area contributed by atoms with E-state index in [0.717, 1.165) is 63.1 Å². The molecule has 24 nitrogen and oxygen atoms in total. The molecule has 5 heterocycles. The Kier molecular flexibility index (Phi) is 28.1.